The third-order valence-corrected chi connectivity index (χ3v) is 2.63. The van der Waals surface area contributed by atoms with E-state index in [0.29, 0.717) is 23.7 Å². The number of pyridine rings is 1. The minimum absolute atomic E-state index is 0.524. The lowest BCUT2D eigenvalue weighted by atomic mass is 10.2. The molecule has 2 rings (SSSR count). The maximum absolute atomic E-state index is 8.92. The van der Waals surface area contributed by atoms with Crippen molar-refractivity contribution < 1.29 is 9.47 Å². The average molecular weight is 254 g/mol. The standard InChI is InChI=1S/C15H14N2O2/c1-18-14-7-13(10-16)8-15(9-14)19-6-4-12-3-2-5-17-11-12/h2-3,5,7-9,11H,4,6H2,1H3. The van der Waals surface area contributed by atoms with Crippen LogP contribution in [-0.4, -0.2) is 18.7 Å². The molecule has 0 saturated carbocycles. The molecule has 0 aliphatic rings. The summed E-state index contributed by atoms with van der Waals surface area (Å²) >= 11 is 0. The summed E-state index contributed by atoms with van der Waals surface area (Å²) in [6.45, 7) is 0.531. The van der Waals surface area contributed by atoms with Gasteiger partial charge >= 0.3 is 0 Å². The Morgan fingerprint density at radius 3 is 2.79 bits per heavy atom. The van der Waals surface area contributed by atoms with Crippen molar-refractivity contribution in [3.05, 3.63) is 53.9 Å². The monoisotopic (exact) mass is 254 g/mol. The fourth-order valence-electron chi connectivity index (χ4n) is 1.67. The fourth-order valence-corrected chi connectivity index (χ4v) is 1.67. The van der Waals surface area contributed by atoms with Crippen molar-refractivity contribution in [1.29, 1.82) is 5.26 Å². The number of nitriles is 1. The van der Waals surface area contributed by atoms with Crippen LogP contribution in [0.5, 0.6) is 11.5 Å². The predicted octanol–water partition coefficient (Wildman–Crippen LogP) is 2.58. The van der Waals surface area contributed by atoms with Gasteiger partial charge in [0.25, 0.3) is 0 Å². The van der Waals surface area contributed by atoms with Gasteiger partial charge in [0.05, 0.1) is 25.3 Å². The van der Waals surface area contributed by atoms with Crippen molar-refractivity contribution in [3.63, 3.8) is 0 Å². The minimum Gasteiger partial charge on any atom is -0.497 e. The smallest absolute Gasteiger partial charge is 0.124 e. The summed E-state index contributed by atoms with van der Waals surface area (Å²) in [5.41, 5.74) is 1.64. The van der Waals surface area contributed by atoms with Gasteiger partial charge in [-0.3, -0.25) is 4.98 Å². The number of nitrogens with zero attached hydrogens (tertiary/aromatic N) is 2. The summed E-state index contributed by atoms with van der Waals surface area (Å²) in [7, 11) is 1.57. The van der Waals surface area contributed by atoms with E-state index in [1.54, 1.807) is 31.5 Å². The van der Waals surface area contributed by atoms with Gasteiger partial charge in [-0.25, -0.2) is 0 Å². The number of benzene rings is 1. The lowest BCUT2D eigenvalue weighted by molar-refractivity contribution is 0.318. The van der Waals surface area contributed by atoms with E-state index in [1.165, 1.54) is 0 Å². The molecule has 0 fully saturated rings. The normalized spacial score (nSPS) is 9.68. The molecule has 2 aromatic rings. The van der Waals surface area contributed by atoms with Crippen LogP contribution in [0.2, 0.25) is 0 Å². The molecular weight excluding hydrogens is 240 g/mol. The summed E-state index contributed by atoms with van der Waals surface area (Å²) < 4.78 is 10.8. The second-order valence-electron chi connectivity index (χ2n) is 3.97. The highest BCUT2D eigenvalue weighted by molar-refractivity contribution is 5.43. The fraction of sp³-hybridized carbons (Fsp3) is 0.200. The summed E-state index contributed by atoms with van der Waals surface area (Å²) in [4.78, 5) is 4.05. The summed E-state index contributed by atoms with van der Waals surface area (Å²) in [6.07, 6.45) is 4.33. The number of hydrogen-bond donors (Lipinski definition) is 0. The third kappa shape index (κ3) is 3.71. The zero-order chi connectivity index (χ0) is 13.5. The van der Waals surface area contributed by atoms with Gasteiger partial charge in [-0.2, -0.15) is 5.26 Å². The molecule has 0 bridgehead atoms. The molecule has 0 saturated heterocycles. The van der Waals surface area contributed by atoms with Crippen LogP contribution < -0.4 is 9.47 Å². The van der Waals surface area contributed by atoms with E-state index >= 15 is 0 Å². The summed E-state index contributed by atoms with van der Waals surface area (Å²) in [6, 6.07) is 11.1. The highest BCUT2D eigenvalue weighted by Crippen LogP contribution is 2.22. The van der Waals surface area contributed by atoms with E-state index in [9.17, 15) is 0 Å². The zero-order valence-electron chi connectivity index (χ0n) is 10.7. The molecule has 4 heteroatoms. The summed E-state index contributed by atoms with van der Waals surface area (Å²) in [5.74, 6) is 1.26. The van der Waals surface area contributed by atoms with E-state index in [1.807, 2.05) is 18.3 Å². The Kier molecular flexibility index (Phi) is 4.35. The van der Waals surface area contributed by atoms with Gasteiger partial charge in [0.2, 0.25) is 0 Å². The van der Waals surface area contributed by atoms with E-state index in [2.05, 4.69) is 11.1 Å². The van der Waals surface area contributed by atoms with E-state index in [0.717, 1.165) is 12.0 Å². The van der Waals surface area contributed by atoms with Crippen molar-refractivity contribution in [2.75, 3.05) is 13.7 Å². The first-order chi connectivity index (χ1) is 9.31. The predicted molar refractivity (Wildman–Crippen MR) is 71.1 cm³/mol. The largest absolute Gasteiger partial charge is 0.497 e. The Morgan fingerprint density at radius 1 is 1.26 bits per heavy atom. The Labute approximate surface area is 112 Å². The van der Waals surface area contributed by atoms with Crippen LogP contribution in [0.3, 0.4) is 0 Å². The number of rotatable bonds is 5. The Hall–Kier alpha value is -2.54. The number of hydrogen-bond acceptors (Lipinski definition) is 4. The van der Waals surface area contributed by atoms with Crippen molar-refractivity contribution in [1.82, 2.24) is 4.98 Å². The van der Waals surface area contributed by atoms with Crippen LogP contribution in [0.15, 0.2) is 42.7 Å². The average Bonchev–Trinajstić information content (AvgIpc) is 2.48. The zero-order valence-corrected chi connectivity index (χ0v) is 10.7. The van der Waals surface area contributed by atoms with Crippen LogP contribution in [0, 0.1) is 11.3 Å². The Bertz CT molecular complexity index is 576. The van der Waals surface area contributed by atoms with E-state index in [-0.39, 0.29) is 0 Å². The molecule has 0 amide bonds. The van der Waals surface area contributed by atoms with Crippen LogP contribution in [0.1, 0.15) is 11.1 Å². The maximum atomic E-state index is 8.92. The van der Waals surface area contributed by atoms with Crippen molar-refractivity contribution in [3.8, 4) is 17.6 Å². The maximum Gasteiger partial charge on any atom is 0.124 e. The van der Waals surface area contributed by atoms with Gasteiger partial charge in [0.1, 0.15) is 11.5 Å². The molecule has 1 aromatic heterocycles. The van der Waals surface area contributed by atoms with Gasteiger partial charge in [-0.1, -0.05) is 6.07 Å². The second kappa shape index (κ2) is 6.41. The molecule has 0 aliphatic heterocycles. The first-order valence-corrected chi connectivity index (χ1v) is 5.92. The minimum atomic E-state index is 0.524. The molecule has 0 unspecified atom stereocenters. The van der Waals surface area contributed by atoms with E-state index in [4.69, 9.17) is 14.7 Å². The SMILES string of the molecule is COc1cc(C#N)cc(OCCc2cccnc2)c1. The van der Waals surface area contributed by atoms with Crippen LogP contribution in [0.25, 0.3) is 0 Å². The van der Waals surface area contributed by atoms with Crippen LogP contribution >= 0.6 is 0 Å². The molecule has 0 N–H and O–H groups in total. The molecule has 96 valence electrons. The molecule has 1 aromatic carbocycles. The highest BCUT2D eigenvalue weighted by atomic mass is 16.5. The third-order valence-electron chi connectivity index (χ3n) is 2.63. The Balaban J connectivity index is 1.98. The molecule has 0 spiro atoms. The molecule has 1 heterocycles. The number of methoxy groups -OCH3 is 1. The quantitative estimate of drug-likeness (QED) is 0.823. The molecule has 19 heavy (non-hydrogen) atoms. The van der Waals surface area contributed by atoms with Gasteiger partial charge in [0.15, 0.2) is 0 Å². The van der Waals surface area contributed by atoms with Crippen molar-refractivity contribution >= 4 is 0 Å². The Morgan fingerprint density at radius 2 is 2.11 bits per heavy atom. The number of ether oxygens (including phenoxy) is 2. The first kappa shape index (κ1) is 12.9. The lowest BCUT2D eigenvalue weighted by Crippen LogP contribution is -2.02. The lowest BCUT2D eigenvalue weighted by Gasteiger charge is -2.08. The van der Waals surface area contributed by atoms with E-state index < -0.39 is 0 Å². The van der Waals surface area contributed by atoms with Crippen LogP contribution in [0.4, 0.5) is 0 Å². The number of aromatic nitrogens is 1. The van der Waals surface area contributed by atoms with Gasteiger partial charge in [0, 0.05) is 24.9 Å². The molecule has 0 aliphatic carbocycles. The van der Waals surface area contributed by atoms with Gasteiger partial charge in [-0.15, -0.1) is 0 Å². The molecule has 4 nitrogen and oxygen atoms in total. The summed E-state index contributed by atoms with van der Waals surface area (Å²) in [5, 5.41) is 8.92. The van der Waals surface area contributed by atoms with Gasteiger partial charge in [-0.05, 0) is 23.8 Å². The van der Waals surface area contributed by atoms with Crippen molar-refractivity contribution in [2.45, 2.75) is 6.42 Å². The molecule has 0 radical (unpaired) electrons. The molecule has 0 atom stereocenters. The second-order valence-corrected chi connectivity index (χ2v) is 3.97. The highest BCUT2D eigenvalue weighted by Gasteiger charge is 2.02. The van der Waals surface area contributed by atoms with Crippen molar-refractivity contribution in [2.24, 2.45) is 0 Å². The molecular formula is C15H14N2O2. The topological polar surface area (TPSA) is 55.1 Å². The van der Waals surface area contributed by atoms with Gasteiger partial charge < -0.3 is 9.47 Å². The first-order valence-electron chi connectivity index (χ1n) is 5.92. The van der Waals surface area contributed by atoms with Crippen LogP contribution in [-0.2, 0) is 6.42 Å².